The van der Waals surface area contributed by atoms with E-state index in [2.05, 4.69) is 0 Å². The van der Waals surface area contributed by atoms with Gasteiger partial charge in [-0.2, -0.15) is 0 Å². The molecule has 0 heterocycles. The summed E-state index contributed by atoms with van der Waals surface area (Å²) in [6.45, 7) is 0. The second-order valence-electron chi connectivity index (χ2n) is 2.64. The zero-order chi connectivity index (χ0) is 6.48. The highest BCUT2D eigenvalue weighted by atomic mass is 16.2. The van der Waals surface area contributed by atoms with E-state index in [0.29, 0.717) is 0 Å². The second kappa shape index (κ2) is 1.15. The van der Waals surface area contributed by atoms with Crippen LogP contribution in [0.4, 0.5) is 0 Å². The first-order valence-electron chi connectivity index (χ1n) is 3.03. The van der Waals surface area contributed by atoms with Gasteiger partial charge in [-0.25, -0.2) is 0 Å². The predicted molar refractivity (Wildman–Crippen MR) is 30.8 cm³/mol. The largest absolute Gasteiger partial charge is 0.294 e. The van der Waals surface area contributed by atoms with Gasteiger partial charge in [-0.15, -0.1) is 0 Å². The number of hydrogen-bond acceptors (Lipinski definition) is 2. The first-order valence-corrected chi connectivity index (χ1v) is 3.03. The van der Waals surface area contributed by atoms with Crippen molar-refractivity contribution in [2.45, 2.75) is 12.8 Å². The summed E-state index contributed by atoms with van der Waals surface area (Å²) < 4.78 is 0. The summed E-state index contributed by atoms with van der Waals surface area (Å²) in [6, 6.07) is 0. The van der Waals surface area contributed by atoms with Crippen molar-refractivity contribution < 1.29 is 9.59 Å². The van der Waals surface area contributed by atoms with Crippen LogP contribution in [0.2, 0.25) is 0 Å². The molecule has 1 saturated carbocycles. The van der Waals surface area contributed by atoms with Crippen molar-refractivity contribution in [1.82, 2.24) is 0 Å². The Labute approximate surface area is 52.6 Å². The van der Waals surface area contributed by atoms with Gasteiger partial charge in [0.05, 0.1) is 5.41 Å². The van der Waals surface area contributed by atoms with Crippen molar-refractivity contribution in [3.63, 3.8) is 0 Å². The van der Waals surface area contributed by atoms with E-state index in [1.165, 1.54) is 12.2 Å². The van der Waals surface area contributed by atoms with Gasteiger partial charge in [-0.05, 0) is 25.0 Å². The van der Waals surface area contributed by atoms with Crippen LogP contribution < -0.4 is 0 Å². The van der Waals surface area contributed by atoms with E-state index >= 15 is 0 Å². The van der Waals surface area contributed by atoms with E-state index < -0.39 is 5.41 Å². The third kappa shape index (κ3) is 0.411. The number of carbonyl (C=O) groups excluding carboxylic acids is 2. The highest BCUT2D eigenvalue weighted by Gasteiger charge is 2.56. The van der Waals surface area contributed by atoms with Crippen LogP contribution in [0.5, 0.6) is 0 Å². The summed E-state index contributed by atoms with van der Waals surface area (Å²) in [5, 5.41) is 0. The molecule has 2 heteroatoms. The number of carbonyl (C=O) groups is 2. The maximum Gasteiger partial charge on any atom is 0.169 e. The third-order valence-corrected chi connectivity index (χ3v) is 2.08. The zero-order valence-electron chi connectivity index (χ0n) is 4.89. The van der Waals surface area contributed by atoms with E-state index in [1.807, 2.05) is 0 Å². The summed E-state index contributed by atoms with van der Waals surface area (Å²) >= 11 is 0. The second-order valence-corrected chi connectivity index (χ2v) is 2.64. The molecule has 0 bridgehead atoms. The first-order chi connectivity index (χ1) is 4.26. The van der Waals surface area contributed by atoms with Crippen LogP contribution in [0.1, 0.15) is 12.8 Å². The maximum absolute atomic E-state index is 10.9. The number of hydrogen-bond donors (Lipinski definition) is 0. The van der Waals surface area contributed by atoms with Crippen molar-refractivity contribution in [2.75, 3.05) is 0 Å². The first kappa shape index (κ1) is 4.91. The van der Waals surface area contributed by atoms with Crippen LogP contribution in [0.25, 0.3) is 0 Å². The van der Waals surface area contributed by atoms with Crippen LogP contribution >= 0.6 is 0 Å². The topological polar surface area (TPSA) is 34.1 Å². The molecule has 0 aromatic rings. The van der Waals surface area contributed by atoms with Gasteiger partial charge in [0.1, 0.15) is 0 Å². The van der Waals surface area contributed by atoms with Gasteiger partial charge in [-0.3, -0.25) is 9.59 Å². The lowest BCUT2D eigenvalue weighted by Gasteiger charge is -1.96. The monoisotopic (exact) mass is 122 g/mol. The van der Waals surface area contributed by atoms with Crippen LogP contribution in [-0.4, -0.2) is 11.6 Å². The fourth-order valence-electron chi connectivity index (χ4n) is 1.21. The molecule has 2 nitrogen and oxygen atoms in total. The molecular weight excluding hydrogens is 116 g/mol. The molecule has 0 aliphatic heterocycles. The average molecular weight is 122 g/mol. The Balaban J connectivity index is 2.45. The molecule has 0 aromatic heterocycles. The molecule has 1 spiro atoms. The molecule has 0 radical (unpaired) electrons. The van der Waals surface area contributed by atoms with Crippen LogP contribution in [-0.2, 0) is 9.59 Å². The van der Waals surface area contributed by atoms with Gasteiger partial charge in [0.25, 0.3) is 0 Å². The highest BCUT2D eigenvalue weighted by Crippen LogP contribution is 2.50. The molecular formula is C7H6O2. The third-order valence-electron chi connectivity index (χ3n) is 2.08. The molecule has 0 saturated heterocycles. The molecule has 0 amide bonds. The molecule has 1 fully saturated rings. The Morgan fingerprint density at radius 3 is 1.78 bits per heavy atom. The minimum Gasteiger partial charge on any atom is -0.294 e. The van der Waals surface area contributed by atoms with Gasteiger partial charge < -0.3 is 0 Å². The van der Waals surface area contributed by atoms with Crippen molar-refractivity contribution in [3.8, 4) is 0 Å². The maximum atomic E-state index is 10.9. The van der Waals surface area contributed by atoms with E-state index in [9.17, 15) is 9.59 Å². The van der Waals surface area contributed by atoms with Crippen LogP contribution in [0.15, 0.2) is 12.2 Å². The van der Waals surface area contributed by atoms with E-state index in [-0.39, 0.29) is 11.6 Å². The molecule has 0 aromatic carbocycles. The Hall–Kier alpha value is -0.920. The summed E-state index contributed by atoms with van der Waals surface area (Å²) in [5.74, 6) is 0.0417. The number of allylic oxidation sites excluding steroid dienone is 2. The predicted octanol–water partition coefficient (Wildman–Crippen LogP) is 0.475. The molecule has 0 unspecified atom stereocenters. The Morgan fingerprint density at radius 1 is 1.11 bits per heavy atom. The fourth-order valence-corrected chi connectivity index (χ4v) is 1.21. The quantitative estimate of drug-likeness (QED) is 0.438. The lowest BCUT2D eigenvalue weighted by molar-refractivity contribution is -0.127. The molecule has 0 atom stereocenters. The number of ketones is 2. The molecule has 9 heavy (non-hydrogen) atoms. The highest BCUT2D eigenvalue weighted by molar-refractivity contribution is 6.24. The van der Waals surface area contributed by atoms with Crippen molar-refractivity contribution in [1.29, 1.82) is 0 Å². The van der Waals surface area contributed by atoms with Crippen LogP contribution in [0.3, 0.4) is 0 Å². The van der Waals surface area contributed by atoms with Gasteiger partial charge in [0.2, 0.25) is 0 Å². The Kier molecular flexibility index (Phi) is 0.628. The number of rotatable bonds is 0. The standard InChI is InChI=1S/C7H6O2/c8-5-1-2-6(9)7(5)3-4-7/h1-2H,3-4H2. The minimum absolute atomic E-state index is 0.0208. The lowest BCUT2D eigenvalue weighted by atomic mass is 10.0. The smallest absolute Gasteiger partial charge is 0.169 e. The molecule has 46 valence electrons. The van der Waals surface area contributed by atoms with Crippen molar-refractivity contribution in [3.05, 3.63) is 12.2 Å². The van der Waals surface area contributed by atoms with Gasteiger partial charge in [0.15, 0.2) is 11.6 Å². The van der Waals surface area contributed by atoms with Gasteiger partial charge in [-0.1, -0.05) is 0 Å². The summed E-state index contributed by atoms with van der Waals surface area (Å²) in [7, 11) is 0. The Morgan fingerprint density at radius 2 is 1.56 bits per heavy atom. The van der Waals surface area contributed by atoms with E-state index in [0.717, 1.165) is 12.8 Å². The van der Waals surface area contributed by atoms with Gasteiger partial charge in [0, 0.05) is 0 Å². The fraction of sp³-hybridized carbons (Fsp3) is 0.429. The SMILES string of the molecule is O=C1C=CC(=O)C12CC2. The van der Waals surface area contributed by atoms with Gasteiger partial charge >= 0.3 is 0 Å². The van der Waals surface area contributed by atoms with E-state index in [1.54, 1.807) is 0 Å². The normalized spacial score (nSPS) is 28.0. The average Bonchev–Trinajstić information content (AvgIpc) is 2.56. The zero-order valence-corrected chi connectivity index (χ0v) is 4.89. The van der Waals surface area contributed by atoms with Crippen molar-refractivity contribution in [2.24, 2.45) is 5.41 Å². The molecule has 2 aliphatic carbocycles. The minimum atomic E-state index is -0.528. The molecule has 2 aliphatic rings. The molecule has 2 rings (SSSR count). The molecule has 0 N–H and O–H groups in total. The van der Waals surface area contributed by atoms with Crippen molar-refractivity contribution >= 4 is 11.6 Å². The van der Waals surface area contributed by atoms with E-state index in [4.69, 9.17) is 0 Å². The summed E-state index contributed by atoms with van der Waals surface area (Å²) in [5.41, 5.74) is -0.528. The lowest BCUT2D eigenvalue weighted by Crippen LogP contribution is -2.15. The van der Waals surface area contributed by atoms with Crippen LogP contribution in [0, 0.1) is 5.41 Å². The summed E-state index contributed by atoms with van der Waals surface area (Å²) in [4.78, 5) is 21.7. The summed E-state index contributed by atoms with van der Waals surface area (Å²) in [6.07, 6.45) is 4.35. The Bertz CT molecular complexity index is 201.